The number of nitrogens with one attached hydrogen (secondary N) is 2. The van der Waals surface area contributed by atoms with Crippen LogP contribution in [0.5, 0.6) is 5.75 Å². The molecule has 0 spiro atoms. The molecule has 1 aromatic carbocycles. The Morgan fingerprint density at radius 1 is 1.30 bits per heavy atom. The zero-order valence-corrected chi connectivity index (χ0v) is 17.5. The van der Waals surface area contributed by atoms with Crippen LogP contribution in [0.3, 0.4) is 0 Å². The third kappa shape index (κ3) is 7.39. The van der Waals surface area contributed by atoms with Gasteiger partial charge in [-0.2, -0.15) is 0 Å². The molecule has 152 valence electrons. The monoisotopic (exact) mass is 376 g/mol. The van der Waals surface area contributed by atoms with E-state index in [0.29, 0.717) is 25.8 Å². The lowest BCUT2D eigenvalue weighted by Crippen LogP contribution is -2.45. The van der Waals surface area contributed by atoms with Crippen molar-refractivity contribution in [1.82, 2.24) is 15.5 Å². The molecule has 0 saturated heterocycles. The number of methoxy groups -OCH3 is 1. The van der Waals surface area contributed by atoms with Crippen molar-refractivity contribution in [2.75, 3.05) is 40.5 Å². The Labute approximate surface area is 164 Å². The maximum Gasteiger partial charge on any atom is 0.191 e. The van der Waals surface area contributed by atoms with Gasteiger partial charge in [0.15, 0.2) is 5.96 Å². The molecule has 1 atom stereocenters. The second-order valence-corrected chi connectivity index (χ2v) is 7.27. The predicted octanol–water partition coefficient (Wildman–Crippen LogP) is 2.56. The fourth-order valence-electron chi connectivity index (χ4n) is 2.90. The van der Waals surface area contributed by atoms with E-state index in [1.54, 1.807) is 7.11 Å². The third-order valence-corrected chi connectivity index (χ3v) is 4.90. The van der Waals surface area contributed by atoms with Crippen molar-refractivity contribution in [3.63, 3.8) is 0 Å². The minimum absolute atomic E-state index is 0.480. The largest absolute Gasteiger partial charge is 0.491 e. The molecule has 0 amide bonds. The van der Waals surface area contributed by atoms with Crippen molar-refractivity contribution >= 4 is 5.96 Å². The average Bonchev–Trinajstić information content (AvgIpc) is 3.49. The van der Waals surface area contributed by atoms with Crippen LogP contribution < -0.4 is 15.4 Å². The minimum atomic E-state index is 0.480. The van der Waals surface area contributed by atoms with Crippen molar-refractivity contribution in [3.05, 3.63) is 29.3 Å². The molecule has 27 heavy (non-hydrogen) atoms. The van der Waals surface area contributed by atoms with Crippen LogP contribution in [-0.2, 0) is 11.3 Å². The standard InChI is InChI=1S/C21H36N4O2/c1-6-22-21(23-14-17(3)25(4)19-9-10-19)24-15-18-8-7-16(2)13-20(18)27-12-11-26-5/h7-8,13,17,19H,6,9-12,14-15H2,1-5H3,(H2,22,23,24). The number of hydrogen-bond donors (Lipinski definition) is 2. The number of aliphatic imine (C=N–C) groups is 1. The lowest BCUT2D eigenvalue weighted by Gasteiger charge is -2.25. The Kier molecular flexibility index (Phi) is 8.88. The zero-order chi connectivity index (χ0) is 19.6. The second kappa shape index (κ2) is 11.1. The fourth-order valence-corrected chi connectivity index (χ4v) is 2.90. The number of aryl methyl sites for hydroxylation is 1. The SMILES string of the molecule is CCNC(=NCc1ccc(C)cc1OCCOC)NCC(C)N(C)C1CC1. The maximum absolute atomic E-state index is 5.87. The van der Waals surface area contributed by atoms with Crippen LogP contribution in [0.1, 0.15) is 37.8 Å². The molecule has 1 aliphatic carbocycles. The lowest BCUT2D eigenvalue weighted by atomic mass is 10.1. The van der Waals surface area contributed by atoms with E-state index >= 15 is 0 Å². The molecule has 1 aliphatic rings. The van der Waals surface area contributed by atoms with Crippen molar-refractivity contribution in [1.29, 1.82) is 0 Å². The van der Waals surface area contributed by atoms with Crippen LogP contribution in [0.15, 0.2) is 23.2 Å². The van der Waals surface area contributed by atoms with Gasteiger partial charge in [-0.05, 0) is 52.3 Å². The molecule has 1 fully saturated rings. The molecule has 0 aromatic heterocycles. The van der Waals surface area contributed by atoms with E-state index in [0.717, 1.165) is 36.4 Å². The van der Waals surface area contributed by atoms with E-state index in [-0.39, 0.29) is 0 Å². The Hall–Kier alpha value is -1.79. The van der Waals surface area contributed by atoms with Gasteiger partial charge in [0, 0.05) is 37.8 Å². The van der Waals surface area contributed by atoms with Crippen LogP contribution in [0, 0.1) is 6.92 Å². The summed E-state index contributed by atoms with van der Waals surface area (Å²) in [5, 5.41) is 6.81. The Morgan fingerprint density at radius 3 is 2.74 bits per heavy atom. The molecule has 1 unspecified atom stereocenters. The number of hydrogen-bond acceptors (Lipinski definition) is 4. The predicted molar refractivity (Wildman–Crippen MR) is 112 cm³/mol. The normalized spacial score (nSPS) is 15.7. The summed E-state index contributed by atoms with van der Waals surface area (Å²) < 4.78 is 11.0. The minimum Gasteiger partial charge on any atom is -0.491 e. The molecule has 6 nitrogen and oxygen atoms in total. The lowest BCUT2D eigenvalue weighted by molar-refractivity contribution is 0.145. The summed E-state index contributed by atoms with van der Waals surface area (Å²) in [5.74, 6) is 1.73. The number of ether oxygens (including phenoxy) is 2. The van der Waals surface area contributed by atoms with Crippen LogP contribution in [0.4, 0.5) is 0 Å². The van der Waals surface area contributed by atoms with E-state index in [1.165, 1.54) is 18.4 Å². The van der Waals surface area contributed by atoms with Gasteiger partial charge in [0.1, 0.15) is 12.4 Å². The highest BCUT2D eigenvalue weighted by Crippen LogP contribution is 2.26. The quantitative estimate of drug-likeness (QED) is 0.353. The molecule has 2 rings (SSSR count). The summed E-state index contributed by atoms with van der Waals surface area (Å²) in [7, 11) is 3.89. The molecule has 1 aromatic rings. The smallest absolute Gasteiger partial charge is 0.191 e. The topological polar surface area (TPSA) is 58.1 Å². The van der Waals surface area contributed by atoms with Gasteiger partial charge in [-0.3, -0.25) is 4.90 Å². The van der Waals surface area contributed by atoms with Crippen molar-refractivity contribution in [3.8, 4) is 5.75 Å². The molecule has 1 saturated carbocycles. The summed E-state index contributed by atoms with van der Waals surface area (Å²) >= 11 is 0. The zero-order valence-electron chi connectivity index (χ0n) is 17.5. The first kappa shape index (κ1) is 21.5. The van der Waals surface area contributed by atoms with Gasteiger partial charge in [-0.1, -0.05) is 12.1 Å². The molecule has 0 aliphatic heterocycles. The summed E-state index contributed by atoms with van der Waals surface area (Å²) in [6, 6.07) is 7.50. The molecule has 6 heteroatoms. The number of nitrogens with zero attached hydrogens (tertiary/aromatic N) is 2. The number of guanidine groups is 1. The molecule has 0 radical (unpaired) electrons. The van der Waals surface area contributed by atoms with Crippen LogP contribution in [0.25, 0.3) is 0 Å². The Morgan fingerprint density at radius 2 is 2.07 bits per heavy atom. The summed E-state index contributed by atoms with van der Waals surface area (Å²) in [4.78, 5) is 7.22. The highest BCUT2D eigenvalue weighted by molar-refractivity contribution is 5.79. The summed E-state index contributed by atoms with van der Waals surface area (Å²) in [6.45, 7) is 9.82. The third-order valence-electron chi connectivity index (χ3n) is 4.90. The second-order valence-electron chi connectivity index (χ2n) is 7.27. The van der Waals surface area contributed by atoms with Gasteiger partial charge in [0.25, 0.3) is 0 Å². The van der Waals surface area contributed by atoms with E-state index in [1.807, 2.05) is 0 Å². The van der Waals surface area contributed by atoms with Gasteiger partial charge in [0.2, 0.25) is 0 Å². The van der Waals surface area contributed by atoms with Crippen molar-refractivity contribution in [2.24, 2.45) is 4.99 Å². The molecular formula is C21H36N4O2. The number of benzene rings is 1. The number of likely N-dealkylation sites (N-methyl/N-ethyl adjacent to an activating group) is 1. The maximum atomic E-state index is 5.87. The van der Waals surface area contributed by atoms with E-state index in [2.05, 4.69) is 61.6 Å². The first-order chi connectivity index (χ1) is 13.0. The highest BCUT2D eigenvalue weighted by Gasteiger charge is 2.28. The van der Waals surface area contributed by atoms with Crippen molar-refractivity contribution in [2.45, 2.75) is 52.2 Å². The summed E-state index contributed by atoms with van der Waals surface area (Å²) in [5.41, 5.74) is 2.26. The Bertz CT molecular complexity index is 602. The van der Waals surface area contributed by atoms with E-state index in [4.69, 9.17) is 14.5 Å². The molecule has 0 heterocycles. The number of rotatable bonds is 11. The van der Waals surface area contributed by atoms with Crippen LogP contribution in [-0.4, -0.2) is 63.4 Å². The Balaban J connectivity index is 1.96. The fraction of sp³-hybridized carbons (Fsp3) is 0.667. The highest BCUT2D eigenvalue weighted by atomic mass is 16.5. The van der Waals surface area contributed by atoms with Crippen LogP contribution >= 0.6 is 0 Å². The van der Waals surface area contributed by atoms with Gasteiger partial charge in [-0.25, -0.2) is 4.99 Å². The average molecular weight is 377 g/mol. The van der Waals surface area contributed by atoms with E-state index in [9.17, 15) is 0 Å². The summed E-state index contributed by atoms with van der Waals surface area (Å²) in [6.07, 6.45) is 2.66. The molecule has 2 N–H and O–H groups in total. The first-order valence-corrected chi connectivity index (χ1v) is 10.0. The first-order valence-electron chi connectivity index (χ1n) is 10.0. The van der Waals surface area contributed by atoms with Crippen LogP contribution in [0.2, 0.25) is 0 Å². The van der Waals surface area contributed by atoms with E-state index < -0.39 is 0 Å². The van der Waals surface area contributed by atoms with Gasteiger partial charge in [-0.15, -0.1) is 0 Å². The molecule has 0 bridgehead atoms. The molecular weight excluding hydrogens is 340 g/mol. The van der Waals surface area contributed by atoms with Gasteiger partial charge in [0.05, 0.1) is 13.2 Å². The van der Waals surface area contributed by atoms with Crippen molar-refractivity contribution < 1.29 is 9.47 Å². The van der Waals surface area contributed by atoms with Gasteiger partial charge >= 0.3 is 0 Å². The van der Waals surface area contributed by atoms with Gasteiger partial charge < -0.3 is 20.1 Å².